The fourth-order valence-electron chi connectivity index (χ4n) is 1.75. The molecule has 0 aliphatic rings. The standard InChI is InChI=1S/C14H12N4O/c15-12-3-1-11(2-4-12)14-17-13(19-18-14)9-10-5-7-16-8-6-10/h1-8H,9,15H2. The van der Waals surface area contributed by atoms with E-state index in [1.807, 2.05) is 36.4 Å². The molecular formula is C14H12N4O. The van der Waals surface area contributed by atoms with E-state index in [1.165, 1.54) is 0 Å². The minimum atomic E-state index is 0.573. The van der Waals surface area contributed by atoms with Gasteiger partial charge in [-0.15, -0.1) is 0 Å². The number of hydrogen-bond acceptors (Lipinski definition) is 5. The molecule has 5 nitrogen and oxygen atoms in total. The topological polar surface area (TPSA) is 77.8 Å². The molecule has 3 aromatic rings. The summed E-state index contributed by atoms with van der Waals surface area (Å²) < 4.78 is 5.24. The molecule has 0 aliphatic carbocycles. The Bertz CT molecular complexity index is 661. The maximum atomic E-state index is 5.64. The Morgan fingerprint density at radius 2 is 1.74 bits per heavy atom. The Balaban J connectivity index is 1.82. The van der Waals surface area contributed by atoms with Crippen molar-refractivity contribution in [3.8, 4) is 11.4 Å². The van der Waals surface area contributed by atoms with Gasteiger partial charge in [0.2, 0.25) is 11.7 Å². The number of nitrogen functional groups attached to an aromatic ring is 1. The largest absolute Gasteiger partial charge is 0.399 e. The van der Waals surface area contributed by atoms with Gasteiger partial charge in [-0.2, -0.15) is 4.98 Å². The van der Waals surface area contributed by atoms with Crippen molar-refractivity contribution in [1.29, 1.82) is 0 Å². The molecule has 0 unspecified atom stereocenters. The lowest BCUT2D eigenvalue weighted by Gasteiger charge is -1.95. The summed E-state index contributed by atoms with van der Waals surface area (Å²) in [5.74, 6) is 1.15. The van der Waals surface area contributed by atoms with Crippen LogP contribution in [-0.2, 0) is 6.42 Å². The zero-order valence-electron chi connectivity index (χ0n) is 10.2. The first-order chi connectivity index (χ1) is 9.31. The Morgan fingerprint density at radius 3 is 2.47 bits per heavy atom. The third-order valence-electron chi connectivity index (χ3n) is 2.74. The second-order valence-corrected chi connectivity index (χ2v) is 4.17. The molecule has 0 atom stereocenters. The lowest BCUT2D eigenvalue weighted by Crippen LogP contribution is -1.89. The normalized spacial score (nSPS) is 10.5. The molecule has 0 radical (unpaired) electrons. The molecule has 5 heteroatoms. The number of benzene rings is 1. The van der Waals surface area contributed by atoms with Gasteiger partial charge in [0.15, 0.2) is 0 Å². The number of nitrogens with zero attached hydrogens (tertiary/aromatic N) is 3. The van der Waals surface area contributed by atoms with Crippen LogP contribution in [0.3, 0.4) is 0 Å². The number of rotatable bonds is 3. The summed E-state index contributed by atoms with van der Waals surface area (Å²) in [6, 6.07) is 11.2. The molecule has 2 heterocycles. The molecule has 0 bridgehead atoms. The zero-order chi connectivity index (χ0) is 13.1. The molecule has 0 saturated carbocycles. The molecule has 1 aromatic carbocycles. The fourth-order valence-corrected chi connectivity index (χ4v) is 1.75. The zero-order valence-corrected chi connectivity index (χ0v) is 10.2. The summed E-state index contributed by atoms with van der Waals surface area (Å²) in [5, 5.41) is 3.97. The highest BCUT2D eigenvalue weighted by molar-refractivity contribution is 5.58. The molecule has 3 rings (SSSR count). The number of hydrogen-bond donors (Lipinski definition) is 1. The van der Waals surface area contributed by atoms with E-state index < -0.39 is 0 Å². The maximum Gasteiger partial charge on any atom is 0.231 e. The molecule has 0 saturated heterocycles. The summed E-state index contributed by atoms with van der Waals surface area (Å²) >= 11 is 0. The number of nitrogens with two attached hydrogens (primary N) is 1. The third-order valence-corrected chi connectivity index (χ3v) is 2.74. The average Bonchev–Trinajstić information content (AvgIpc) is 2.89. The van der Waals surface area contributed by atoms with Gasteiger partial charge in [-0.3, -0.25) is 4.98 Å². The SMILES string of the molecule is Nc1ccc(-c2noc(Cc3ccncc3)n2)cc1. The first-order valence-electron chi connectivity index (χ1n) is 5.89. The van der Waals surface area contributed by atoms with Gasteiger partial charge in [0.05, 0.1) is 6.42 Å². The maximum absolute atomic E-state index is 5.64. The number of aromatic nitrogens is 3. The number of anilines is 1. The van der Waals surface area contributed by atoms with E-state index in [4.69, 9.17) is 10.3 Å². The van der Waals surface area contributed by atoms with Gasteiger partial charge in [-0.05, 0) is 42.0 Å². The van der Waals surface area contributed by atoms with Gasteiger partial charge in [-0.1, -0.05) is 5.16 Å². The molecule has 0 aliphatic heterocycles. The van der Waals surface area contributed by atoms with E-state index in [-0.39, 0.29) is 0 Å². The summed E-state index contributed by atoms with van der Waals surface area (Å²) in [4.78, 5) is 8.34. The van der Waals surface area contributed by atoms with E-state index in [1.54, 1.807) is 12.4 Å². The average molecular weight is 252 g/mol. The highest BCUT2D eigenvalue weighted by Crippen LogP contribution is 2.18. The molecule has 0 amide bonds. The summed E-state index contributed by atoms with van der Waals surface area (Å²) in [6.45, 7) is 0. The van der Waals surface area contributed by atoms with Crippen molar-refractivity contribution >= 4 is 5.69 Å². The van der Waals surface area contributed by atoms with Gasteiger partial charge in [0, 0.05) is 23.6 Å². The van der Waals surface area contributed by atoms with E-state index in [2.05, 4.69) is 15.1 Å². The monoisotopic (exact) mass is 252 g/mol. The summed E-state index contributed by atoms with van der Waals surface area (Å²) in [5.41, 5.74) is 8.33. The molecule has 0 spiro atoms. The van der Waals surface area contributed by atoms with Crippen molar-refractivity contribution in [2.75, 3.05) is 5.73 Å². The van der Waals surface area contributed by atoms with E-state index in [0.717, 1.165) is 11.1 Å². The Labute approximate surface area is 110 Å². The fraction of sp³-hybridized carbons (Fsp3) is 0.0714. The predicted octanol–water partition coefficient (Wildman–Crippen LogP) is 2.30. The van der Waals surface area contributed by atoms with Crippen LogP contribution in [0.25, 0.3) is 11.4 Å². The van der Waals surface area contributed by atoms with Crippen molar-refractivity contribution in [3.05, 3.63) is 60.2 Å². The van der Waals surface area contributed by atoms with Crippen molar-refractivity contribution in [3.63, 3.8) is 0 Å². The van der Waals surface area contributed by atoms with Crippen LogP contribution in [0.1, 0.15) is 11.5 Å². The van der Waals surface area contributed by atoms with Gasteiger partial charge < -0.3 is 10.3 Å². The molecule has 2 aromatic heterocycles. The van der Waals surface area contributed by atoms with Crippen molar-refractivity contribution < 1.29 is 4.52 Å². The molecule has 2 N–H and O–H groups in total. The van der Waals surface area contributed by atoms with Crippen LogP contribution < -0.4 is 5.73 Å². The van der Waals surface area contributed by atoms with Crippen molar-refractivity contribution in [1.82, 2.24) is 15.1 Å². The Kier molecular flexibility index (Phi) is 2.94. The van der Waals surface area contributed by atoms with Crippen LogP contribution in [-0.4, -0.2) is 15.1 Å². The lowest BCUT2D eigenvalue weighted by atomic mass is 10.2. The highest BCUT2D eigenvalue weighted by Gasteiger charge is 2.08. The van der Waals surface area contributed by atoms with E-state index in [9.17, 15) is 0 Å². The predicted molar refractivity (Wildman–Crippen MR) is 71.2 cm³/mol. The first kappa shape index (κ1) is 11.4. The molecule has 94 valence electrons. The Morgan fingerprint density at radius 1 is 1.00 bits per heavy atom. The lowest BCUT2D eigenvalue weighted by molar-refractivity contribution is 0.385. The second kappa shape index (κ2) is 4.89. The van der Waals surface area contributed by atoms with Crippen LogP contribution >= 0.6 is 0 Å². The quantitative estimate of drug-likeness (QED) is 0.724. The minimum absolute atomic E-state index is 0.573. The second-order valence-electron chi connectivity index (χ2n) is 4.17. The highest BCUT2D eigenvalue weighted by atomic mass is 16.5. The van der Waals surface area contributed by atoms with Gasteiger partial charge in [0.1, 0.15) is 0 Å². The minimum Gasteiger partial charge on any atom is -0.399 e. The molecule has 19 heavy (non-hydrogen) atoms. The van der Waals surface area contributed by atoms with E-state index >= 15 is 0 Å². The summed E-state index contributed by atoms with van der Waals surface area (Å²) in [7, 11) is 0. The van der Waals surface area contributed by atoms with Gasteiger partial charge in [0.25, 0.3) is 0 Å². The summed E-state index contributed by atoms with van der Waals surface area (Å²) in [6.07, 6.45) is 4.09. The van der Waals surface area contributed by atoms with Crippen LogP contribution in [0.2, 0.25) is 0 Å². The Hall–Kier alpha value is -2.69. The van der Waals surface area contributed by atoms with E-state index in [0.29, 0.717) is 23.8 Å². The van der Waals surface area contributed by atoms with Crippen LogP contribution in [0, 0.1) is 0 Å². The first-order valence-corrected chi connectivity index (χ1v) is 5.89. The number of pyridine rings is 1. The molecular weight excluding hydrogens is 240 g/mol. The van der Waals surface area contributed by atoms with Crippen LogP contribution in [0.15, 0.2) is 53.3 Å². The molecule has 0 fully saturated rings. The van der Waals surface area contributed by atoms with Crippen molar-refractivity contribution in [2.24, 2.45) is 0 Å². The van der Waals surface area contributed by atoms with Crippen LogP contribution in [0.4, 0.5) is 5.69 Å². The van der Waals surface area contributed by atoms with Crippen LogP contribution in [0.5, 0.6) is 0 Å². The van der Waals surface area contributed by atoms with Crippen molar-refractivity contribution in [2.45, 2.75) is 6.42 Å². The van der Waals surface area contributed by atoms with Gasteiger partial charge >= 0.3 is 0 Å². The third kappa shape index (κ3) is 2.60. The smallest absolute Gasteiger partial charge is 0.231 e. The van der Waals surface area contributed by atoms with Gasteiger partial charge in [-0.25, -0.2) is 0 Å².